The van der Waals surface area contributed by atoms with Crippen LogP contribution in [0.4, 0.5) is 0 Å². The van der Waals surface area contributed by atoms with E-state index in [0.717, 1.165) is 0 Å². The van der Waals surface area contributed by atoms with Gasteiger partial charge in [-0.2, -0.15) is 0 Å². The van der Waals surface area contributed by atoms with E-state index in [1.54, 1.807) is 26.1 Å². The maximum Gasteiger partial charge on any atom is 0.306 e. The zero-order valence-corrected chi connectivity index (χ0v) is 11.9. The fourth-order valence-electron chi connectivity index (χ4n) is 1.57. The number of methoxy groups -OCH3 is 2. The molecule has 0 saturated heterocycles. The van der Waals surface area contributed by atoms with Crippen molar-refractivity contribution in [3.63, 3.8) is 0 Å². The van der Waals surface area contributed by atoms with Crippen molar-refractivity contribution < 1.29 is 19.1 Å². The van der Waals surface area contributed by atoms with Gasteiger partial charge in [0.15, 0.2) is 0 Å². The van der Waals surface area contributed by atoms with Crippen LogP contribution in [-0.2, 0) is 19.1 Å². The molecule has 1 atom stereocenters. The Bertz CT molecular complexity index is 269. The van der Waals surface area contributed by atoms with Crippen molar-refractivity contribution in [2.45, 2.75) is 19.4 Å². The number of esters is 1. The second-order valence-electron chi connectivity index (χ2n) is 4.26. The summed E-state index contributed by atoms with van der Waals surface area (Å²) >= 11 is 0. The predicted octanol–water partition coefficient (Wildman–Crippen LogP) is -0.0254. The van der Waals surface area contributed by atoms with Crippen LogP contribution in [0.2, 0.25) is 0 Å². The van der Waals surface area contributed by atoms with Gasteiger partial charge in [0, 0.05) is 34.3 Å². The second kappa shape index (κ2) is 8.88. The maximum atomic E-state index is 11.9. The Labute approximate surface area is 109 Å². The molecule has 0 aromatic heterocycles. The van der Waals surface area contributed by atoms with Crippen LogP contribution in [-0.4, -0.2) is 75.7 Å². The number of rotatable bonds is 8. The second-order valence-corrected chi connectivity index (χ2v) is 4.26. The van der Waals surface area contributed by atoms with Gasteiger partial charge in [-0.15, -0.1) is 0 Å². The lowest BCUT2D eigenvalue weighted by Crippen LogP contribution is -2.46. The molecule has 1 amide bonds. The first-order valence-corrected chi connectivity index (χ1v) is 5.95. The van der Waals surface area contributed by atoms with Gasteiger partial charge in [0.1, 0.15) is 0 Å². The molecule has 0 aromatic rings. The normalized spacial score (nSPS) is 12.3. The molecule has 0 spiro atoms. The number of ether oxygens (including phenoxy) is 2. The quantitative estimate of drug-likeness (QED) is 0.574. The third kappa shape index (κ3) is 5.97. The fraction of sp³-hybridized carbons (Fsp3) is 0.833. The minimum absolute atomic E-state index is 0.0102. The average Bonchev–Trinajstić information content (AvgIpc) is 2.36. The molecule has 6 nitrogen and oxygen atoms in total. The Hall–Kier alpha value is -1.14. The van der Waals surface area contributed by atoms with E-state index >= 15 is 0 Å². The van der Waals surface area contributed by atoms with Crippen LogP contribution in [0.1, 0.15) is 13.3 Å². The highest BCUT2D eigenvalue weighted by molar-refractivity contribution is 5.81. The van der Waals surface area contributed by atoms with Crippen molar-refractivity contribution in [3.05, 3.63) is 0 Å². The zero-order valence-electron chi connectivity index (χ0n) is 11.9. The summed E-state index contributed by atoms with van der Waals surface area (Å²) in [6, 6.07) is -0.278. The first-order valence-electron chi connectivity index (χ1n) is 5.95. The number of carbonyl (C=O) groups is 2. The molecule has 1 unspecified atom stereocenters. The van der Waals surface area contributed by atoms with Crippen molar-refractivity contribution in [2.24, 2.45) is 0 Å². The van der Waals surface area contributed by atoms with E-state index in [0.29, 0.717) is 19.7 Å². The van der Waals surface area contributed by atoms with Crippen molar-refractivity contribution >= 4 is 11.9 Å². The Balaban J connectivity index is 4.45. The van der Waals surface area contributed by atoms with Crippen LogP contribution < -0.4 is 0 Å². The monoisotopic (exact) mass is 260 g/mol. The number of carbonyl (C=O) groups excluding carboxylic acids is 2. The van der Waals surface area contributed by atoms with Gasteiger partial charge in [-0.05, 0) is 6.92 Å². The van der Waals surface area contributed by atoms with Gasteiger partial charge < -0.3 is 14.4 Å². The van der Waals surface area contributed by atoms with Crippen LogP contribution in [0.5, 0.6) is 0 Å². The van der Waals surface area contributed by atoms with E-state index in [4.69, 9.17) is 4.74 Å². The molecule has 6 heteroatoms. The first kappa shape index (κ1) is 16.9. The number of nitrogens with zero attached hydrogens (tertiary/aromatic N) is 2. The molecular weight excluding hydrogens is 236 g/mol. The highest BCUT2D eigenvalue weighted by Crippen LogP contribution is 2.04. The summed E-state index contributed by atoms with van der Waals surface area (Å²) in [4.78, 5) is 26.5. The number of amides is 1. The summed E-state index contributed by atoms with van der Waals surface area (Å²) in [7, 11) is 6.40. The maximum absolute atomic E-state index is 11.9. The molecule has 0 rings (SSSR count). The summed E-state index contributed by atoms with van der Waals surface area (Å²) in [6.45, 7) is 3.44. The number of likely N-dealkylation sites (N-methyl/N-ethyl adjacent to an activating group) is 1. The SMILES string of the molecule is COCCN(CCC(=O)OC)C(C)C(=O)N(C)C. The molecule has 0 aliphatic carbocycles. The minimum Gasteiger partial charge on any atom is -0.469 e. The molecule has 0 heterocycles. The molecule has 0 aliphatic heterocycles. The molecule has 0 aliphatic rings. The summed E-state index contributed by atoms with van der Waals surface area (Å²) in [5, 5.41) is 0. The lowest BCUT2D eigenvalue weighted by Gasteiger charge is -2.29. The predicted molar refractivity (Wildman–Crippen MR) is 68.2 cm³/mol. The Kier molecular flexibility index (Phi) is 8.32. The molecule has 0 bridgehead atoms. The van der Waals surface area contributed by atoms with E-state index in [1.807, 2.05) is 11.8 Å². The number of hydrogen-bond donors (Lipinski definition) is 0. The van der Waals surface area contributed by atoms with Crippen molar-refractivity contribution in [1.29, 1.82) is 0 Å². The summed E-state index contributed by atoms with van der Waals surface area (Å²) in [5.41, 5.74) is 0. The van der Waals surface area contributed by atoms with Crippen LogP contribution in [0.25, 0.3) is 0 Å². The van der Waals surface area contributed by atoms with E-state index in [2.05, 4.69) is 4.74 Å². The van der Waals surface area contributed by atoms with Crippen molar-refractivity contribution in [2.75, 3.05) is 48.0 Å². The van der Waals surface area contributed by atoms with Gasteiger partial charge in [0.05, 0.1) is 26.2 Å². The van der Waals surface area contributed by atoms with Crippen molar-refractivity contribution in [1.82, 2.24) is 9.80 Å². The van der Waals surface area contributed by atoms with E-state index in [9.17, 15) is 9.59 Å². The van der Waals surface area contributed by atoms with Crippen LogP contribution in [0, 0.1) is 0 Å². The van der Waals surface area contributed by atoms with E-state index in [-0.39, 0.29) is 24.3 Å². The smallest absolute Gasteiger partial charge is 0.306 e. The van der Waals surface area contributed by atoms with Gasteiger partial charge in [0.2, 0.25) is 5.91 Å². The molecule has 0 fully saturated rings. The Morgan fingerprint density at radius 2 is 1.78 bits per heavy atom. The average molecular weight is 260 g/mol. The molecule has 0 N–H and O–H groups in total. The Morgan fingerprint density at radius 1 is 1.17 bits per heavy atom. The fourth-order valence-corrected chi connectivity index (χ4v) is 1.57. The van der Waals surface area contributed by atoms with E-state index in [1.165, 1.54) is 7.11 Å². The van der Waals surface area contributed by atoms with Crippen LogP contribution >= 0.6 is 0 Å². The third-order valence-corrected chi connectivity index (χ3v) is 2.76. The van der Waals surface area contributed by atoms with Crippen LogP contribution in [0.15, 0.2) is 0 Å². The summed E-state index contributed by atoms with van der Waals surface area (Å²) in [5.74, 6) is -0.266. The lowest BCUT2D eigenvalue weighted by atomic mass is 10.2. The molecule has 0 saturated carbocycles. The van der Waals surface area contributed by atoms with E-state index < -0.39 is 0 Å². The minimum atomic E-state index is -0.278. The van der Waals surface area contributed by atoms with Gasteiger partial charge in [-0.25, -0.2) is 0 Å². The first-order chi connectivity index (χ1) is 8.43. The van der Waals surface area contributed by atoms with Gasteiger partial charge in [-0.1, -0.05) is 0 Å². The molecule has 0 aromatic carbocycles. The standard InChI is InChI=1S/C12H24N2O4/c1-10(12(16)13(2)3)14(8-9-17-4)7-6-11(15)18-5/h10H,6-9H2,1-5H3. The third-order valence-electron chi connectivity index (χ3n) is 2.76. The molecule has 0 radical (unpaired) electrons. The molecular formula is C12H24N2O4. The van der Waals surface area contributed by atoms with Gasteiger partial charge >= 0.3 is 5.97 Å². The van der Waals surface area contributed by atoms with Gasteiger partial charge in [0.25, 0.3) is 0 Å². The highest BCUT2D eigenvalue weighted by atomic mass is 16.5. The summed E-state index contributed by atoms with van der Waals surface area (Å²) < 4.78 is 9.61. The highest BCUT2D eigenvalue weighted by Gasteiger charge is 2.22. The van der Waals surface area contributed by atoms with Crippen LogP contribution in [0.3, 0.4) is 0 Å². The van der Waals surface area contributed by atoms with Crippen molar-refractivity contribution in [3.8, 4) is 0 Å². The topological polar surface area (TPSA) is 59.1 Å². The van der Waals surface area contributed by atoms with Gasteiger partial charge in [-0.3, -0.25) is 14.5 Å². The molecule has 106 valence electrons. The number of hydrogen-bond acceptors (Lipinski definition) is 5. The Morgan fingerprint density at radius 3 is 2.22 bits per heavy atom. The molecule has 18 heavy (non-hydrogen) atoms. The largest absolute Gasteiger partial charge is 0.469 e. The lowest BCUT2D eigenvalue weighted by molar-refractivity contribution is -0.142. The zero-order chi connectivity index (χ0) is 14.1. The summed E-state index contributed by atoms with van der Waals surface area (Å²) in [6.07, 6.45) is 0.269.